The van der Waals surface area contributed by atoms with E-state index in [9.17, 15) is 0 Å². The van der Waals surface area contributed by atoms with E-state index in [-0.39, 0.29) is 6.04 Å². The minimum absolute atomic E-state index is 0.205. The number of hydrogen-bond acceptors (Lipinski definition) is 1. The number of benzene rings is 1. The lowest BCUT2D eigenvalue weighted by molar-refractivity contribution is 0.434. The lowest BCUT2D eigenvalue weighted by Gasteiger charge is -2.23. The SMILES string of the molecule is CC(C)C(N)C(C)c1ccc(Cl)cc1. The molecule has 0 saturated carbocycles. The molecular weight excluding hydrogens is 194 g/mol. The molecule has 0 fully saturated rings. The lowest BCUT2D eigenvalue weighted by Crippen LogP contribution is -2.32. The summed E-state index contributed by atoms with van der Waals surface area (Å²) in [5, 5.41) is 0.777. The fourth-order valence-corrected chi connectivity index (χ4v) is 1.69. The van der Waals surface area contributed by atoms with E-state index in [4.69, 9.17) is 17.3 Å². The smallest absolute Gasteiger partial charge is 0.0406 e. The summed E-state index contributed by atoms with van der Waals surface area (Å²) in [5.41, 5.74) is 7.36. The van der Waals surface area contributed by atoms with Gasteiger partial charge in [-0.3, -0.25) is 0 Å². The predicted molar refractivity (Wildman–Crippen MR) is 62.7 cm³/mol. The fourth-order valence-electron chi connectivity index (χ4n) is 1.57. The molecule has 1 rings (SSSR count). The Hall–Kier alpha value is -0.530. The van der Waals surface area contributed by atoms with Gasteiger partial charge in [-0.15, -0.1) is 0 Å². The highest BCUT2D eigenvalue weighted by Gasteiger charge is 2.17. The molecule has 2 heteroatoms. The fraction of sp³-hybridized carbons (Fsp3) is 0.500. The lowest BCUT2D eigenvalue weighted by atomic mass is 9.87. The van der Waals surface area contributed by atoms with Gasteiger partial charge >= 0.3 is 0 Å². The Labute approximate surface area is 91.3 Å². The van der Waals surface area contributed by atoms with Gasteiger partial charge < -0.3 is 5.73 Å². The summed E-state index contributed by atoms with van der Waals surface area (Å²) in [4.78, 5) is 0. The molecule has 78 valence electrons. The van der Waals surface area contributed by atoms with Gasteiger partial charge in [-0.05, 0) is 29.5 Å². The van der Waals surface area contributed by atoms with Gasteiger partial charge in [-0.1, -0.05) is 44.5 Å². The first-order valence-electron chi connectivity index (χ1n) is 5.03. The largest absolute Gasteiger partial charge is 0.327 e. The maximum atomic E-state index is 6.10. The van der Waals surface area contributed by atoms with E-state index in [0.29, 0.717) is 11.8 Å². The minimum atomic E-state index is 0.205. The third kappa shape index (κ3) is 2.73. The van der Waals surface area contributed by atoms with Crippen molar-refractivity contribution in [2.75, 3.05) is 0 Å². The third-order valence-corrected chi connectivity index (χ3v) is 2.99. The first-order valence-corrected chi connectivity index (χ1v) is 5.41. The van der Waals surface area contributed by atoms with E-state index in [0.717, 1.165) is 5.02 Å². The summed E-state index contributed by atoms with van der Waals surface area (Å²) in [7, 11) is 0. The number of halogens is 1. The molecule has 14 heavy (non-hydrogen) atoms. The molecule has 1 aromatic rings. The average molecular weight is 212 g/mol. The average Bonchev–Trinajstić information content (AvgIpc) is 2.16. The standard InChI is InChI=1S/C12H18ClN/c1-8(2)12(14)9(3)10-4-6-11(13)7-5-10/h4-9,12H,14H2,1-3H3. The van der Waals surface area contributed by atoms with Crippen molar-refractivity contribution >= 4 is 11.6 Å². The van der Waals surface area contributed by atoms with Gasteiger partial charge in [-0.2, -0.15) is 0 Å². The summed E-state index contributed by atoms with van der Waals surface area (Å²) in [6, 6.07) is 8.14. The Kier molecular flexibility index (Phi) is 3.97. The molecule has 0 amide bonds. The van der Waals surface area contributed by atoms with Crippen LogP contribution in [-0.4, -0.2) is 6.04 Å². The molecule has 2 atom stereocenters. The van der Waals surface area contributed by atoms with Gasteiger partial charge in [-0.25, -0.2) is 0 Å². The molecule has 0 saturated heterocycles. The van der Waals surface area contributed by atoms with Crippen molar-refractivity contribution in [1.82, 2.24) is 0 Å². The van der Waals surface area contributed by atoms with E-state index in [1.165, 1.54) is 5.56 Å². The van der Waals surface area contributed by atoms with Crippen LogP contribution < -0.4 is 5.73 Å². The second-order valence-corrected chi connectivity index (χ2v) is 4.60. The first kappa shape index (κ1) is 11.5. The summed E-state index contributed by atoms with van der Waals surface area (Å²) in [6.07, 6.45) is 0. The van der Waals surface area contributed by atoms with E-state index in [2.05, 4.69) is 32.9 Å². The van der Waals surface area contributed by atoms with Gasteiger partial charge in [0.2, 0.25) is 0 Å². The van der Waals surface area contributed by atoms with Crippen molar-refractivity contribution in [3.63, 3.8) is 0 Å². The number of nitrogens with two attached hydrogens (primary N) is 1. The van der Waals surface area contributed by atoms with Crippen LogP contribution in [-0.2, 0) is 0 Å². The third-order valence-electron chi connectivity index (χ3n) is 2.74. The Morgan fingerprint density at radius 2 is 1.57 bits per heavy atom. The molecule has 0 aromatic heterocycles. The zero-order valence-corrected chi connectivity index (χ0v) is 9.75. The zero-order chi connectivity index (χ0) is 10.7. The molecule has 0 bridgehead atoms. The summed E-state index contributed by atoms with van der Waals surface area (Å²) in [5.74, 6) is 0.882. The molecule has 0 radical (unpaired) electrons. The van der Waals surface area contributed by atoms with Crippen LogP contribution in [0.3, 0.4) is 0 Å². The highest BCUT2D eigenvalue weighted by Crippen LogP contribution is 2.23. The van der Waals surface area contributed by atoms with Crippen molar-refractivity contribution < 1.29 is 0 Å². The maximum absolute atomic E-state index is 6.10. The Morgan fingerprint density at radius 1 is 1.07 bits per heavy atom. The van der Waals surface area contributed by atoms with Crippen LogP contribution in [0.4, 0.5) is 0 Å². The topological polar surface area (TPSA) is 26.0 Å². The Balaban J connectivity index is 2.78. The molecular formula is C12H18ClN. The number of rotatable bonds is 3. The van der Waals surface area contributed by atoms with Crippen molar-refractivity contribution in [2.24, 2.45) is 11.7 Å². The molecule has 0 spiro atoms. The minimum Gasteiger partial charge on any atom is -0.327 e. The first-order chi connectivity index (χ1) is 6.52. The van der Waals surface area contributed by atoms with Crippen LogP contribution in [0.2, 0.25) is 5.02 Å². The molecule has 0 aliphatic heterocycles. The quantitative estimate of drug-likeness (QED) is 0.815. The summed E-state index contributed by atoms with van der Waals surface area (Å²) >= 11 is 5.83. The van der Waals surface area contributed by atoms with Crippen molar-refractivity contribution in [1.29, 1.82) is 0 Å². The van der Waals surface area contributed by atoms with Gasteiger partial charge in [0.05, 0.1) is 0 Å². The van der Waals surface area contributed by atoms with Crippen LogP contribution >= 0.6 is 11.6 Å². The summed E-state index contributed by atoms with van der Waals surface area (Å²) < 4.78 is 0. The number of hydrogen-bond donors (Lipinski definition) is 1. The van der Waals surface area contributed by atoms with Crippen molar-refractivity contribution in [2.45, 2.75) is 32.7 Å². The zero-order valence-electron chi connectivity index (χ0n) is 9.00. The van der Waals surface area contributed by atoms with Crippen LogP contribution in [0.15, 0.2) is 24.3 Å². The molecule has 2 N–H and O–H groups in total. The van der Waals surface area contributed by atoms with Crippen LogP contribution in [0.25, 0.3) is 0 Å². The Bertz CT molecular complexity index is 279. The van der Waals surface area contributed by atoms with Crippen molar-refractivity contribution in [3.8, 4) is 0 Å². The second kappa shape index (κ2) is 4.81. The van der Waals surface area contributed by atoms with Crippen LogP contribution in [0, 0.1) is 5.92 Å². The van der Waals surface area contributed by atoms with E-state index in [1.807, 2.05) is 12.1 Å². The van der Waals surface area contributed by atoms with Crippen LogP contribution in [0.1, 0.15) is 32.3 Å². The summed E-state index contributed by atoms with van der Waals surface area (Å²) in [6.45, 7) is 6.46. The highest BCUT2D eigenvalue weighted by atomic mass is 35.5. The van der Waals surface area contributed by atoms with Gasteiger partial charge in [0, 0.05) is 11.1 Å². The molecule has 2 unspecified atom stereocenters. The van der Waals surface area contributed by atoms with E-state index >= 15 is 0 Å². The van der Waals surface area contributed by atoms with Gasteiger partial charge in [0.25, 0.3) is 0 Å². The maximum Gasteiger partial charge on any atom is 0.0406 e. The molecule has 1 aromatic carbocycles. The molecule has 1 nitrogen and oxygen atoms in total. The monoisotopic (exact) mass is 211 g/mol. The van der Waals surface area contributed by atoms with Crippen molar-refractivity contribution in [3.05, 3.63) is 34.9 Å². The van der Waals surface area contributed by atoms with E-state index in [1.54, 1.807) is 0 Å². The van der Waals surface area contributed by atoms with E-state index < -0.39 is 0 Å². The highest BCUT2D eigenvalue weighted by molar-refractivity contribution is 6.30. The normalized spacial score (nSPS) is 15.6. The van der Waals surface area contributed by atoms with Gasteiger partial charge in [0.1, 0.15) is 0 Å². The molecule has 0 aliphatic carbocycles. The van der Waals surface area contributed by atoms with Gasteiger partial charge in [0.15, 0.2) is 0 Å². The Morgan fingerprint density at radius 3 is 2.00 bits per heavy atom. The molecule has 0 heterocycles. The van der Waals surface area contributed by atoms with Crippen LogP contribution in [0.5, 0.6) is 0 Å². The molecule has 0 aliphatic rings. The predicted octanol–water partition coefficient (Wildman–Crippen LogP) is 3.43. The second-order valence-electron chi connectivity index (χ2n) is 4.16.